The van der Waals surface area contributed by atoms with Gasteiger partial charge in [0.05, 0.1) is 4.90 Å². The summed E-state index contributed by atoms with van der Waals surface area (Å²) in [5, 5.41) is 2.83. The van der Waals surface area contributed by atoms with E-state index >= 15 is 0 Å². The Bertz CT molecular complexity index is 856. The van der Waals surface area contributed by atoms with Crippen LogP contribution in [0.2, 0.25) is 0 Å². The Labute approximate surface area is 161 Å². The van der Waals surface area contributed by atoms with Crippen LogP contribution in [0, 0.1) is 5.92 Å². The predicted molar refractivity (Wildman–Crippen MR) is 107 cm³/mol. The fourth-order valence-corrected chi connectivity index (χ4v) is 4.68. The third-order valence-electron chi connectivity index (χ3n) is 5.00. The van der Waals surface area contributed by atoms with Crippen LogP contribution in [0.1, 0.15) is 31.7 Å². The molecule has 0 unspecified atom stereocenters. The molecule has 27 heavy (non-hydrogen) atoms. The Kier molecular flexibility index (Phi) is 6.29. The van der Waals surface area contributed by atoms with E-state index in [1.807, 2.05) is 30.3 Å². The summed E-state index contributed by atoms with van der Waals surface area (Å²) in [6.07, 6.45) is 2.85. The molecule has 0 atom stereocenters. The van der Waals surface area contributed by atoms with E-state index < -0.39 is 10.0 Å². The summed E-state index contributed by atoms with van der Waals surface area (Å²) in [6.45, 7) is 3.29. The normalized spacial score (nSPS) is 16.2. The van der Waals surface area contributed by atoms with Gasteiger partial charge in [-0.25, -0.2) is 8.42 Å². The highest BCUT2D eigenvalue weighted by Gasteiger charge is 2.27. The standard InChI is InChI=1S/C21H26N2O3S/c1-17-13-15-23(16-14-17)27(25,26)20-10-8-19(9-11-20)22-21(24)12-7-18-5-3-2-4-6-18/h2-6,8-11,17H,7,12-16H2,1H3,(H,22,24). The molecular weight excluding hydrogens is 360 g/mol. The topological polar surface area (TPSA) is 66.5 Å². The second-order valence-electron chi connectivity index (χ2n) is 7.14. The number of carbonyl (C=O) groups excluding carboxylic acids is 1. The minimum atomic E-state index is -3.46. The first-order chi connectivity index (χ1) is 12.9. The minimum Gasteiger partial charge on any atom is -0.326 e. The number of rotatable bonds is 6. The van der Waals surface area contributed by atoms with Gasteiger partial charge in [0.15, 0.2) is 0 Å². The van der Waals surface area contributed by atoms with Crippen molar-refractivity contribution in [1.82, 2.24) is 4.31 Å². The number of carbonyl (C=O) groups is 1. The molecule has 3 rings (SSSR count). The molecule has 1 saturated heterocycles. The fourth-order valence-electron chi connectivity index (χ4n) is 3.21. The monoisotopic (exact) mass is 386 g/mol. The van der Waals surface area contributed by atoms with Crippen LogP contribution in [-0.4, -0.2) is 31.7 Å². The molecule has 6 heteroatoms. The number of anilines is 1. The lowest BCUT2D eigenvalue weighted by Crippen LogP contribution is -2.37. The van der Waals surface area contributed by atoms with Crippen LogP contribution in [-0.2, 0) is 21.2 Å². The molecule has 1 fully saturated rings. The fraction of sp³-hybridized carbons (Fsp3) is 0.381. The Morgan fingerprint density at radius 2 is 1.67 bits per heavy atom. The maximum absolute atomic E-state index is 12.7. The smallest absolute Gasteiger partial charge is 0.243 e. The quantitative estimate of drug-likeness (QED) is 0.824. The summed E-state index contributed by atoms with van der Waals surface area (Å²) in [5.74, 6) is 0.490. The van der Waals surface area contributed by atoms with E-state index in [1.165, 1.54) is 0 Å². The van der Waals surface area contributed by atoms with E-state index in [4.69, 9.17) is 0 Å². The van der Waals surface area contributed by atoms with Gasteiger partial charge in [0.2, 0.25) is 15.9 Å². The number of benzene rings is 2. The van der Waals surface area contributed by atoms with Gasteiger partial charge in [0.1, 0.15) is 0 Å². The van der Waals surface area contributed by atoms with E-state index in [2.05, 4.69) is 12.2 Å². The molecule has 1 heterocycles. The maximum Gasteiger partial charge on any atom is 0.243 e. The highest BCUT2D eigenvalue weighted by atomic mass is 32.2. The van der Waals surface area contributed by atoms with E-state index in [9.17, 15) is 13.2 Å². The van der Waals surface area contributed by atoms with Crippen LogP contribution >= 0.6 is 0 Å². The number of nitrogens with one attached hydrogen (secondary N) is 1. The van der Waals surface area contributed by atoms with Gasteiger partial charge in [-0.3, -0.25) is 4.79 Å². The van der Waals surface area contributed by atoms with Gasteiger partial charge >= 0.3 is 0 Å². The first-order valence-electron chi connectivity index (χ1n) is 9.39. The largest absolute Gasteiger partial charge is 0.326 e. The first-order valence-corrected chi connectivity index (χ1v) is 10.8. The van der Waals surface area contributed by atoms with Crippen LogP contribution in [0.5, 0.6) is 0 Å². The molecule has 1 N–H and O–H groups in total. The van der Waals surface area contributed by atoms with Gasteiger partial charge in [-0.2, -0.15) is 4.31 Å². The molecule has 5 nitrogen and oxygen atoms in total. The second-order valence-corrected chi connectivity index (χ2v) is 9.08. The average Bonchev–Trinajstić information content (AvgIpc) is 2.68. The van der Waals surface area contributed by atoms with Crippen molar-refractivity contribution in [3.05, 3.63) is 60.2 Å². The van der Waals surface area contributed by atoms with Crippen molar-refractivity contribution in [2.45, 2.75) is 37.5 Å². The molecule has 144 valence electrons. The average molecular weight is 387 g/mol. The number of hydrogen-bond donors (Lipinski definition) is 1. The van der Waals surface area contributed by atoms with Crippen molar-refractivity contribution in [2.75, 3.05) is 18.4 Å². The summed E-state index contributed by atoms with van der Waals surface area (Å²) in [5.41, 5.74) is 1.73. The third-order valence-corrected chi connectivity index (χ3v) is 6.91. The van der Waals surface area contributed by atoms with Crippen molar-refractivity contribution in [3.63, 3.8) is 0 Å². The number of aryl methyl sites for hydroxylation is 1. The summed E-state index contributed by atoms with van der Waals surface area (Å²) in [6, 6.07) is 16.3. The van der Waals surface area contributed by atoms with Crippen LogP contribution in [0.3, 0.4) is 0 Å². The molecule has 0 saturated carbocycles. The summed E-state index contributed by atoms with van der Waals surface area (Å²) < 4.78 is 27.0. The van der Waals surface area contributed by atoms with Crippen LogP contribution in [0.4, 0.5) is 5.69 Å². The van der Waals surface area contributed by atoms with E-state index in [0.29, 0.717) is 37.5 Å². The first kappa shape index (κ1) is 19.6. The Hall–Kier alpha value is -2.18. The number of hydrogen-bond acceptors (Lipinski definition) is 3. The molecule has 2 aromatic rings. The van der Waals surface area contributed by atoms with Gasteiger partial charge in [-0.15, -0.1) is 0 Å². The molecule has 0 aromatic heterocycles. The SMILES string of the molecule is CC1CCN(S(=O)(=O)c2ccc(NC(=O)CCc3ccccc3)cc2)CC1. The summed E-state index contributed by atoms with van der Waals surface area (Å²) in [4.78, 5) is 12.4. The van der Waals surface area contributed by atoms with Crippen LogP contribution < -0.4 is 5.32 Å². The van der Waals surface area contributed by atoms with Gasteiger partial charge in [0.25, 0.3) is 0 Å². The lowest BCUT2D eigenvalue weighted by atomic mass is 10.0. The highest BCUT2D eigenvalue weighted by Crippen LogP contribution is 2.24. The summed E-state index contributed by atoms with van der Waals surface area (Å²) in [7, 11) is -3.46. The van der Waals surface area contributed by atoms with Gasteiger partial charge in [0, 0.05) is 25.2 Å². The van der Waals surface area contributed by atoms with E-state index in [0.717, 1.165) is 18.4 Å². The Morgan fingerprint density at radius 3 is 2.30 bits per heavy atom. The molecule has 0 bridgehead atoms. The number of nitrogens with zero attached hydrogens (tertiary/aromatic N) is 1. The molecule has 1 aliphatic heterocycles. The van der Waals surface area contributed by atoms with E-state index in [1.54, 1.807) is 28.6 Å². The van der Waals surface area contributed by atoms with Gasteiger partial charge in [-0.05, 0) is 55.0 Å². The molecule has 0 radical (unpaired) electrons. The van der Waals surface area contributed by atoms with Crippen molar-refractivity contribution < 1.29 is 13.2 Å². The molecule has 0 spiro atoms. The molecule has 0 aliphatic carbocycles. The minimum absolute atomic E-state index is 0.0838. The summed E-state index contributed by atoms with van der Waals surface area (Å²) >= 11 is 0. The van der Waals surface area contributed by atoms with E-state index in [-0.39, 0.29) is 10.8 Å². The van der Waals surface area contributed by atoms with Crippen molar-refractivity contribution >= 4 is 21.6 Å². The van der Waals surface area contributed by atoms with Crippen molar-refractivity contribution in [3.8, 4) is 0 Å². The van der Waals surface area contributed by atoms with Crippen LogP contribution in [0.25, 0.3) is 0 Å². The maximum atomic E-state index is 12.7. The molecule has 1 aliphatic rings. The van der Waals surface area contributed by atoms with Gasteiger partial charge in [-0.1, -0.05) is 37.3 Å². The lowest BCUT2D eigenvalue weighted by Gasteiger charge is -2.29. The number of piperidine rings is 1. The predicted octanol–water partition coefficient (Wildman–Crippen LogP) is 3.68. The zero-order chi connectivity index (χ0) is 19.3. The second kappa shape index (κ2) is 8.67. The molecule has 1 amide bonds. The Morgan fingerprint density at radius 1 is 1.04 bits per heavy atom. The highest BCUT2D eigenvalue weighted by molar-refractivity contribution is 7.89. The third kappa shape index (κ3) is 5.17. The molecule has 2 aromatic carbocycles. The number of amides is 1. The van der Waals surface area contributed by atoms with Gasteiger partial charge < -0.3 is 5.32 Å². The number of sulfonamides is 1. The van der Waals surface area contributed by atoms with Crippen molar-refractivity contribution in [1.29, 1.82) is 0 Å². The zero-order valence-electron chi connectivity index (χ0n) is 15.6. The Balaban J connectivity index is 1.57. The lowest BCUT2D eigenvalue weighted by molar-refractivity contribution is -0.116. The molecular formula is C21H26N2O3S. The zero-order valence-corrected chi connectivity index (χ0v) is 16.4. The van der Waals surface area contributed by atoms with Crippen LogP contribution in [0.15, 0.2) is 59.5 Å². The van der Waals surface area contributed by atoms with Crippen molar-refractivity contribution in [2.24, 2.45) is 5.92 Å².